The molecule has 21 heavy (non-hydrogen) atoms. The minimum atomic E-state index is -1.13. The minimum Gasteiger partial charge on any atom is -0.477 e. The van der Waals surface area contributed by atoms with Gasteiger partial charge in [0.15, 0.2) is 5.71 Å². The molecule has 1 aliphatic heterocycles. The van der Waals surface area contributed by atoms with E-state index in [9.17, 15) is 9.59 Å². The highest BCUT2D eigenvalue weighted by molar-refractivity contribution is 6.36. The molecule has 1 amide bonds. The van der Waals surface area contributed by atoms with Gasteiger partial charge in [-0.15, -0.1) is 0 Å². The molecule has 3 aliphatic rings. The quantitative estimate of drug-likeness (QED) is 0.826. The number of hydrogen-bond acceptors (Lipinski definition) is 4. The molecule has 1 heterocycles. The van der Waals surface area contributed by atoms with Crippen molar-refractivity contribution in [1.29, 1.82) is 0 Å². The standard InChI is InChI=1S/C15H22N2O4/c1-14(2)8-4-5-15(3,7-8)13(14)16-11(18)10-6-9(12(19)20)17-21-10/h8,10,13H,4-7H2,1-3H3,(H,16,18)(H,19,20). The van der Waals surface area contributed by atoms with Crippen LogP contribution in [0.3, 0.4) is 0 Å². The van der Waals surface area contributed by atoms with Crippen molar-refractivity contribution in [3.05, 3.63) is 0 Å². The third-order valence-corrected chi connectivity index (χ3v) is 5.76. The summed E-state index contributed by atoms with van der Waals surface area (Å²) < 4.78 is 0. The van der Waals surface area contributed by atoms with Crippen LogP contribution in [0.25, 0.3) is 0 Å². The van der Waals surface area contributed by atoms with E-state index in [1.807, 2.05) is 0 Å². The normalized spacial score (nSPS) is 39.8. The number of fused-ring (bicyclic) bond motifs is 2. The topological polar surface area (TPSA) is 88.0 Å². The van der Waals surface area contributed by atoms with Gasteiger partial charge in [0.2, 0.25) is 6.10 Å². The highest BCUT2D eigenvalue weighted by atomic mass is 16.6. The second kappa shape index (κ2) is 4.45. The van der Waals surface area contributed by atoms with Gasteiger partial charge < -0.3 is 15.3 Å². The van der Waals surface area contributed by atoms with Gasteiger partial charge in [0.1, 0.15) is 0 Å². The lowest BCUT2D eigenvalue weighted by Crippen LogP contribution is -2.54. The first kappa shape index (κ1) is 14.4. The highest BCUT2D eigenvalue weighted by Gasteiger charge is 2.60. The number of carbonyl (C=O) groups excluding carboxylic acids is 1. The molecule has 0 aromatic carbocycles. The summed E-state index contributed by atoms with van der Waals surface area (Å²) in [4.78, 5) is 28.2. The van der Waals surface area contributed by atoms with Crippen molar-refractivity contribution in [1.82, 2.24) is 5.32 Å². The number of carboxylic acid groups (broad SMARTS) is 1. The summed E-state index contributed by atoms with van der Waals surface area (Å²) in [5.74, 6) is -0.734. The summed E-state index contributed by atoms with van der Waals surface area (Å²) in [6, 6.07) is 0.105. The summed E-state index contributed by atoms with van der Waals surface area (Å²) in [7, 11) is 0. The Hall–Kier alpha value is -1.59. The molecule has 4 unspecified atom stereocenters. The zero-order valence-electron chi connectivity index (χ0n) is 12.7. The Bertz CT molecular complexity index is 523. The largest absolute Gasteiger partial charge is 0.477 e. The van der Waals surface area contributed by atoms with Gasteiger partial charge >= 0.3 is 5.97 Å². The van der Waals surface area contributed by atoms with Crippen molar-refractivity contribution in [3.8, 4) is 0 Å². The SMILES string of the molecule is CC12CCC(C1)C(C)(C)C2NC(=O)C1CC(C(=O)O)=NO1. The molecular weight excluding hydrogens is 272 g/mol. The maximum atomic E-state index is 12.4. The molecule has 6 nitrogen and oxygen atoms in total. The fourth-order valence-corrected chi connectivity index (χ4v) is 4.54. The average Bonchev–Trinajstić information content (AvgIpc) is 3.05. The van der Waals surface area contributed by atoms with Gasteiger partial charge in [-0.25, -0.2) is 4.79 Å². The lowest BCUT2D eigenvalue weighted by Gasteiger charge is -2.43. The maximum Gasteiger partial charge on any atom is 0.353 e. The molecular formula is C15H22N2O4. The van der Waals surface area contributed by atoms with Crippen LogP contribution >= 0.6 is 0 Å². The number of nitrogens with zero attached hydrogens (tertiary/aromatic N) is 1. The van der Waals surface area contributed by atoms with Crippen LogP contribution in [-0.2, 0) is 14.4 Å². The van der Waals surface area contributed by atoms with E-state index >= 15 is 0 Å². The first-order valence-corrected chi connectivity index (χ1v) is 7.50. The van der Waals surface area contributed by atoms with Crippen molar-refractivity contribution in [3.63, 3.8) is 0 Å². The molecule has 116 valence electrons. The van der Waals surface area contributed by atoms with Crippen LogP contribution in [0, 0.1) is 16.7 Å². The minimum absolute atomic E-state index is 0.0362. The van der Waals surface area contributed by atoms with Crippen LogP contribution in [0.5, 0.6) is 0 Å². The second-order valence-electron chi connectivity index (χ2n) is 7.50. The number of amides is 1. The van der Waals surface area contributed by atoms with E-state index in [4.69, 9.17) is 9.94 Å². The summed E-state index contributed by atoms with van der Waals surface area (Å²) in [5, 5.41) is 15.4. The van der Waals surface area contributed by atoms with Gasteiger partial charge in [0.25, 0.3) is 5.91 Å². The van der Waals surface area contributed by atoms with Gasteiger partial charge in [-0.3, -0.25) is 4.79 Å². The van der Waals surface area contributed by atoms with E-state index in [1.165, 1.54) is 6.42 Å². The molecule has 6 heteroatoms. The summed E-state index contributed by atoms with van der Waals surface area (Å²) in [5.41, 5.74) is 0.116. The first-order valence-electron chi connectivity index (χ1n) is 7.50. The molecule has 2 bridgehead atoms. The van der Waals surface area contributed by atoms with Crippen LogP contribution in [-0.4, -0.2) is 34.8 Å². The van der Waals surface area contributed by atoms with Crippen LogP contribution in [0.2, 0.25) is 0 Å². The van der Waals surface area contributed by atoms with Gasteiger partial charge in [0.05, 0.1) is 0 Å². The zero-order chi connectivity index (χ0) is 15.4. The fourth-order valence-electron chi connectivity index (χ4n) is 4.54. The van der Waals surface area contributed by atoms with E-state index in [0.717, 1.165) is 12.8 Å². The van der Waals surface area contributed by atoms with E-state index in [2.05, 4.69) is 31.2 Å². The predicted molar refractivity (Wildman–Crippen MR) is 75.7 cm³/mol. The van der Waals surface area contributed by atoms with E-state index in [-0.39, 0.29) is 34.9 Å². The average molecular weight is 294 g/mol. The van der Waals surface area contributed by atoms with Gasteiger partial charge in [-0.05, 0) is 36.0 Å². The zero-order valence-corrected chi connectivity index (χ0v) is 12.7. The Labute approximate surface area is 123 Å². The van der Waals surface area contributed by atoms with Crippen molar-refractivity contribution >= 4 is 17.6 Å². The van der Waals surface area contributed by atoms with Crippen molar-refractivity contribution in [2.75, 3.05) is 0 Å². The number of nitrogens with one attached hydrogen (secondary N) is 1. The molecule has 3 rings (SSSR count). The van der Waals surface area contributed by atoms with Crippen LogP contribution in [0.4, 0.5) is 0 Å². The number of aliphatic carboxylic acids is 1. The number of hydrogen-bond donors (Lipinski definition) is 2. The molecule has 0 radical (unpaired) electrons. The second-order valence-corrected chi connectivity index (χ2v) is 7.50. The third kappa shape index (κ3) is 2.12. The molecule has 2 fully saturated rings. The Morgan fingerprint density at radius 1 is 1.38 bits per heavy atom. The van der Waals surface area contributed by atoms with Crippen LogP contribution in [0.1, 0.15) is 46.5 Å². The van der Waals surface area contributed by atoms with E-state index in [0.29, 0.717) is 5.92 Å². The number of carbonyl (C=O) groups is 2. The number of carboxylic acids is 1. The maximum absolute atomic E-state index is 12.4. The molecule has 0 aromatic rings. The van der Waals surface area contributed by atoms with Crippen molar-refractivity contribution in [2.45, 2.75) is 58.6 Å². The number of oxime groups is 1. The lowest BCUT2D eigenvalue weighted by atomic mass is 9.68. The summed E-state index contributed by atoms with van der Waals surface area (Å²) in [6.45, 7) is 6.66. The molecule has 2 aliphatic carbocycles. The monoisotopic (exact) mass is 294 g/mol. The third-order valence-electron chi connectivity index (χ3n) is 5.76. The molecule has 4 atom stereocenters. The lowest BCUT2D eigenvalue weighted by molar-refractivity contribution is -0.134. The summed E-state index contributed by atoms with van der Waals surface area (Å²) in [6.07, 6.45) is 2.73. The van der Waals surface area contributed by atoms with Gasteiger partial charge in [0, 0.05) is 12.5 Å². The molecule has 0 saturated heterocycles. The van der Waals surface area contributed by atoms with Crippen LogP contribution < -0.4 is 5.32 Å². The Morgan fingerprint density at radius 2 is 2.10 bits per heavy atom. The smallest absolute Gasteiger partial charge is 0.353 e. The number of rotatable bonds is 3. The van der Waals surface area contributed by atoms with Crippen molar-refractivity contribution < 1.29 is 19.5 Å². The Kier molecular flexibility index (Phi) is 3.04. The van der Waals surface area contributed by atoms with Crippen LogP contribution in [0.15, 0.2) is 5.16 Å². The molecule has 2 saturated carbocycles. The van der Waals surface area contributed by atoms with E-state index < -0.39 is 12.1 Å². The molecule has 2 N–H and O–H groups in total. The van der Waals surface area contributed by atoms with Gasteiger partial charge in [-0.1, -0.05) is 25.9 Å². The van der Waals surface area contributed by atoms with Gasteiger partial charge in [-0.2, -0.15) is 0 Å². The highest BCUT2D eigenvalue weighted by Crippen LogP contribution is 2.62. The molecule has 0 spiro atoms. The summed E-state index contributed by atoms with van der Waals surface area (Å²) >= 11 is 0. The Balaban J connectivity index is 1.67. The fraction of sp³-hybridized carbons (Fsp3) is 0.800. The van der Waals surface area contributed by atoms with Crippen molar-refractivity contribution in [2.24, 2.45) is 21.9 Å². The first-order chi connectivity index (χ1) is 9.74. The Morgan fingerprint density at radius 3 is 2.62 bits per heavy atom. The predicted octanol–water partition coefficient (Wildman–Crippen LogP) is 1.55. The molecule has 0 aromatic heterocycles. The van der Waals surface area contributed by atoms with E-state index in [1.54, 1.807) is 0 Å².